The lowest BCUT2D eigenvalue weighted by molar-refractivity contribution is -0.870. The van der Waals surface area contributed by atoms with Crippen LogP contribution in [0, 0.1) is 0 Å². The maximum atomic E-state index is 13.0. The fourth-order valence-electron chi connectivity index (χ4n) is 13.7. The van der Waals surface area contributed by atoms with Gasteiger partial charge in [0.1, 0.15) is 19.8 Å². The minimum atomic E-state index is -4.40. The van der Waals surface area contributed by atoms with Crippen LogP contribution in [0.1, 0.15) is 463 Å². The van der Waals surface area contributed by atoms with E-state index in [4.69, 9.17) is 18.5 Å². The Morgan fingerprint density at radius 1 is 0.298 bits per heavy atom. The van der Waals surface area contributed by atoms with Crippen LogP contribution in [0.5, 0.6) is 0 Å². The van der Waals surface area contributed by atoms with Crippen molar-refractivity contribution in [2.75, 3.05) is 47.5 Å². The monoisotopic (exact) mass is 1480 g/mol. The van der Waals surface area contributed by atoms with Crippen molar-refractivity contribution in [3.05, 3.63) is 72.9 Å². The summed E-state index contributed by atoms with van der Waals surface area (Å²) in [7, 11) is 1.50. The third-order valence-corrected chi connectivity index (χ3v) is 21.7. The van der Waals surface area contributed by atoms with Crippen LogP contribution < -0.4 is 0 Å². The highest BCUT2D eigenvalue weighted by atomic mass is 31.2. The molecule has 0 spiro atoms. The average Bonchev–Trinajstić information content (AvgIpc) is 0.920. The Bertz CT molecular complexity index is 1990. The van der Waals surface area contributed by atoms with E-state index in [1.165, 1.54) is 372 Å². The number of phosphoric acid groups is 1. The molecule has 610 valence electrons. The molecule has 0 aliphatic carbocycles. The Morgan fingerprint density at radius 3 is 0.769 bits per heavy atom. The number of allylic oxidation sites excluding steroid dienone is 12. The van der Waals surface area contributed by atoms with E-state index in [0.29, 0.717) is 23.9 Å². The van der Waals surface area contributed by atoms with Gasteiger partial charge in [0.25, 0.3) is 0 Å². The lowest BCUT2D eigenvalue weighted by Crippen LogP contribution is -2.37. The lowest BCUT2D eigenvalue weighted by Gasteiger charge is -2.24. The van der Waals surface area contributed by atoms with Gasteiger partial charge in [-0.3, -0.25) is 18.6 Å². The van der Waals surface area contributed by atoms with Gasteiger partial charge < -0.3 is 18.9 Å². The number of hydrogen-bond acceptors (Lipinski definition) is 7. The minimum absolute atomic E-state index is 0.0342. The molecule has 2 unspecified atom stereocenters. The molecular formula is C94H177NO8P+. The normalized spacial score (nSPS) is 13.2. The van der Waals surface area contributed by atoms with Crippen LogP contribution in [0.2, 0.25) is 0 Å². The number of phosphoric ester groups is 1. The van der Waals surface area contributed by atoms with Crippen molar-refractivity contribution in [1.82, 2.24) is 0 Å². The van der Waals surface area contributed by atoms with Crippen molar-refractivity contribution in [3.63, 3.8) is 0 Å². The number of nitrogens with zero attached hydrogens (tertiary/aromatic N) is 1. The topological polar surface area (TPSA) is 108 Å². The molecule has 0 aromatic heterocycles. The predicted octanol–water partition coefficient (Wildman–Crippen LogP) is 31.0. The van der Waals surface area contributed by atoms with Gasteiger partial charge in [-0.25, -0.2) is 4.57 Å². The van der Waals surface area contributed by atoms with Crippen LogP contribution in [0.15, 0.2) is 72.9 Å². The summed E-state index contributed by atoms with van der Waals surface area (Å²) >= 11 is 0. The quantitative estimate of drug-likeness (QED) is 0.0211. The molecule has 0 aromatic carbocycles. The van der Waals surface area contributed by atoms with Gasteiger partial charge in [0.05, 0.1) is 27.7 Å². The number of carbonyl (C=O) groups is 2. The SMILES string of the molecule is CCCCCCC/C=C\C/C=C\C/C=C\CCCCCCCCCCCCCCCCCCCCCCCCCCCCC(=O)OC(COC(=O)CCCCCCCCCCCCCCCCCCCCCCCCCC/C=C\C/C=C\C/C=C\CCCCCCC)COP(=O)(O)OCC[N+](C)(C)C. The van der Waals surface area contributed by atoms with Crippen molar-refractivity contribution >= 4 is 19.8 Å². The van der Waals surface area contributed by atoms with E-state index in [1.807, 2.05) is 21.1 Å². The third kappa shape index (κ3) is 88.4. The van der Waals surface area contributed by atoms with E-state index >= 15 is 0 Å². The Hall–Kier alpha value is -2.55. The van der Waals surface area contributed by atoms with Crippen LogP contribution in [-0.4, -0.2) is 74.9 Å². The van der Waals surface area contributed by atoms with Crippen molar-refractivity contribution < 1.29 is 42.1 Å². The van der Waals surface area contributed by atoms with Crippen LogP contribution in [0.4, 0.5) is 0 Å². The molecule has 0 amide bonds. The molecule has 9 nitrogen and oxygen atoms in total. The van der Waals surface area contributed by atoms with Gasteiger partial charge in [-0.1, -0.05) is 433 Å². The Labute approximate surface area is 648 Å². The number of carbonyl (C=O) groups excluding carboxylic acids is 2. The van der Waals surface area contributed by atoms with Crippen LogP contribution in [0.25, 0.3) is 0 Å². The first-order valence-electron chi connectivity index (χ1n) is 45.7. The summed E-state index contributed by atoms with van der Waals surface area (Å²) in [5, 5.41) is 0. The van der Waals surface area contributed by atoms with Crippen molar-refractivity contribution in [2.24, 2.45) is 0 Å². The second-order valence-electron chi connectivity index (χ2n) is 32.3. The molecule has 0 rings (SSSR count). The maximum absolute atomic E-state index is 13.0. The smallest absolute Gasteiger partial charge is 0.462 e. The number of rotatable bonds is 86. The molecule has 0 heterocycles. The number of esters is 2. The molecule has 104 heavy (non-hydrogen) atoms. The molecule has 0 radical (unpaired) electrons. The van der Waals surface area contributed by atoms with Gasteiger partial charge >= 0.3 is 19.8 Å². The van der Waals surface area contributed by atoms with Crippen molar-refractivity contribution in [1.29, 1.82) is 0 Å². The van der Waals surface area contributed by atoms with Crippen LogP contribution >= 0.6 is 7.82 Å². The van der Waals surface area contributed by atoms with Gasteiger partial charge in [0.2, 0.25) is 0 Å². The minimum Gasteiger partial charge on any atom is -0.462 e. The van der Waals surface area contributed by atoms with Gasteiger partial charge in [-0.05, 0) is 89.9 Å². The van der Waals surface area contributed by atoms with Crippen molar-refractivity contribution in [2.45, 2.75) is 469 Å². The summed E-state index contributed by atoms with van der Waals surface area (Å²) < 4.78 is 34.9. The number of likely N-dealkylation sites (N-methyl/N-ethyl adjacent to an activating group) is 1. The molecule has 0 fully saturated rings. The zero-order valence-electron chi connectivity index (χ0n) is 70.0. The largest absolute Gasteiger partial charge is 0.472 e. The molecular weight excluding hydrogens is 1300 g/mol. The summed E-state index contributed by atoms with van der Waals surface area (Å²) in [5.74, 6) is -0.771. The maximum Gasteiger partial charge on any atom is 0.472 e. The van der Waals surface area contributed by atoms with E-state index < -0.39 is 26.5 Å². The molecule has 1 N–H and O–H groups in total. The van der Waals surface area contributed by atoms with E-state index in [9.17, 15) is 19.0 Å². The van der Waals surface area contributed by atoms with Gasteiger partial charge in [-0.2, -0.15) is 0 Å². The highest BCUT2D eigenvalue weighted by Gasteiger charge is 2.27. The zero-order chi connectivity index (χ0) is 75.4. The number of quaternary nitrogens is 1. The van der Waals surface area contributed by atoms with E-state index in [0.717, 1.165) is 57.8 Å². The Balaban J connectivity index is 3.84. The molecule has 0 bridgehead atoms. The Morgan fingerprint density at radius 2 is 0.519 bits per heavy atom. The Kier molecular flexibility index (Phi) is 82.4. The number of unbranched alkanes of at least 4 members (excludes halogenated alkanes) is 60. The van der Waals surface area contributed by atoms with E-state index in [2.05, 4.69) is 86.8 Å². The molecule has 0 saturated carbocycles. The second-order valence-corrected chi connectivity index (χ2v) is 33.8. The first-order valence-corrected chi connectivity index (χ1v) is 47.2. The van der Waals surface area contributed by atoms with Crippen LogP contribution in [-0.2, 0) is 32.7 Å². The predicted molar refractivity (Wildman–Crippen MR) is 455 cm³/mol. The standard InChI is InChI=1S/C94H176NO8P/c1-6-8-10-12-14-16-18-20-22-24-26-28-30-32-34-36-38-40-42-44-46-47-49-51-53-55-57-59-61-63-65-67-69-71-73-75-77-79-81-83-85-87-94(97)103-92(91-102-104(98,99)101-89-88-95(3,4)5)90-100-93(96)86-84-82-80-78-76-74-72-70-68-66-64-62-60-58-56-54-52-50-48-45-43-41-39-37-35-33-31-29-27-25-23-21-19-17-15-13-11-9-7-2/h18-21,24-27,30-33,92H,6-17,22-23,28-29,34-91H2,1-5H3/p+1/b20-18-,21-19-,26-24-,27-25-,32-30-,33-31-. The molecule has 0 aliphatic heterocycles. The molecule has 10 heteroatoms. The highest BCUT2D eigenvalue weighted by Crippen LogP contribution is 2.43. The molecule has 0 aromatic rings. The van der Waals surface area contributed by atoms with Gasteiger partial charge in [0, 0.05) is 12.8 Å². The summed E-state index contributed by atoms with van der Waals surface area (Å²) in [5.41, 5.74) is 0. The molecule has 2 atom stereocenters. The fraction of sp³-hybridized carbons (Fsp3) is 0.851. The highest BCUT2D eigenvalue weighted by molar-refractivity contribution is 7.47. The summed E-state index contributed by atoms with van der Waals surface area (Å²) in [4.78, 5) is 36.1. The summed E-state index contributed by atoms with van der Waals surface area (Å²) in [6.07, 6.45) is 117. The van der Waals surface area contributed by atoms with Gasteiger partial charge in [0.15, 0.2) is 6.10 Å². The third-order valence-electron chi connectivity index (χ3n) is 20.7. The van der Waals surface area contributed by atoms with Crippen molar-refractivity contribution in [3.8, 4) is 0 Å². The zero-order valence-corrected chi connectivity index (χ0v) is 70.9. The fourth-order valence-corrected chi connectivity index (χ4v) is 14.5. The van der Waals surface area contributed by atoms with Gasteiger partial charge in [-0.15, -0.1) is 0 Å². The molecule has 0 aliphatic rings. The number of ether oxygens (including phenoxy) is 2. The second kappa shape index (κ2) is 84.5. The lowest BCUT2D eigenvalue weighted by atomic mass is 10.0. The first-order chi connectivity index (χ1) is 51.0. The van der Waals surface area contributed by atoms with E-state index in [-0.39, 0.29) is 25.6 Å². The van der Waals surface area contributed by atoms with Crippen LogP contribution in [0.3, 0.4) is 0 Å². The summed E-state index contributed by atoms with van der Waals surface area (Å²) in [6, 6.07) is 0. The molecule has 0 saturated heterocycles. The number of hydrogen-bond donors (Lipinski definition) is 1. The average molecular weight is 1480 g/mol. The van der Waals surface area contributed by atoms with E-state index in [1.54, 1.807) is 0 Å². The summed E-state index contributed by atoms with van der Waals surface area (Å²) in [6.45, 7) is 4.49. The first kappa shape index (κ1) is 101.